The molecule has 1 aliphatic rings. The summed E-state index contributed by atoms with van der Waals surface area (Å²) in [6.45, 7) is 1.96. The van der Waals surface area contributed by atoms with Gasteiger partial charge in [-0.25, -0.2) is 0 Å². The largest absolute Gasteiger partial charge is 0.481 e. The van der Waals surface area contributed by atoms with Crippen molar-refractivity contribution in [3.05, 3.63) is 22.7 Å². The van der Waals surface area contributed by atoms with E-state index in [0.29, 0.717) is 16.4 Å². The van der Waals surface area contributed by atoms with E-state index in [0.717, 1.165) is 5.56 Å². The van der Waals surface area contributed by atoms with Gasteiger partial charge in [0.1, 0.15) is 0 Å². The second-order valence-electron chi connectivity index (χ2n) is 4.40. The van der Waals surface area contributed by atoms with Crippen molar-refractivity contribution in [2.45, 2.75) is 13.3 Å². The van der Waals surface area contributed by atoms with Crippen molar-refractivity contribution in [2.24, 2.45) is 5.92 Å². The van der Waals surface area contributed by atoms with Crippen molar-refractivity contribution >= 4 is 34.9 Å². The molecule has 1 aromatic carbocycles. The van der Waals surface area contributed by atoms with Crippen LogP contribution >= 0.6 is 11.6 Å². The zero-order valence-corrected chi connectivity index (χ0v) is 10.6. The number of nitrogens with zero attached hydrogens (tertiary/aromatic N) is 1. The van der Waals surface area contributed by atoms with Crippen LogP contribution in [0.2, 0.25) is 5.02 Å². The van der Waals surface area contributed by atoms with Gasteiger partial charge in [0, 0.05) is 18.0 Å². The van der Waals surface area contributed by atoms with Crippen molar-refractivity contribution in [3.8, 4) is 0 Å². The van der Waals surface area contributed by atoms with E-state index in [1.165, 1.54) is 4.90 Å². The average Bonchev–Trinajstić information content (AvgIpc) is 2.66. The lowest BCUT2D eigenvalue weighted by atomic mass is 10.1. The first-order valence-electron chi connectivity index (χ1n) is 5.49. The van der Waals surface area contributed by atoms with E-state index in [1.54, 1.807) is 19.1 Å². The summed E-state index contributed by atoms with van der Waals surface area (Å²) in [6.07, 6.45) is 0.0104. The molecular weight excluding hydrogens is 256 g/mol. The van der Waals surface area contributed by atoms with Gasteiger partial charge in [0.15, 0.2) is 0 Å². The quantitative estimate of drug-likeness (QED) is 0.799. The molecule has 1 aliphatic heterocycles. The molecule has 6 heteroatoms. The molecule has 1 saturated heterocycles. The third-order valence-corrected chi connectivity index (χ3v) is 3.48. The predicted molar refractivity (Wildman–Crippen MR) is 68.7 cm³/mol. The molecule has 0 aliphatic carbocycles. The lowest BCUT2D eigenvalue weighted by molar-refractivity contribution is -0.141. The summed E-state index contributed by atoms with van der Waals surface area (Å²) in [4.78, 5) is 24.1. The first-order chi connectivity index (χ1) is 8.40. The molecule has 1 atom stereocenters. The van der Waals surface area contributed by atoms with Crippen molar-refractivity contribution in [3.63, 3.8) is 0 Å². The molecule has 0 radical (unpaired) electrons. The van der Waals surface area contributed by atoms with Gasteiger partial charge < -0.3 is 15.7 Å². The van der Waals surface area contributed by atoms with Gasteiger partial charge in [-0.2, -0.15) is 0 Å². The zero-order chi connectivity index (χ0) is 13.4. The van der Waals surface area contributed by atoms with Gasteiger partial charge in [-0.15, -0.1) is 0 Å². The third kappa shape index (κ3) is 2.13. The van der Waals surface area contributed by atoms with Crippen molar-refractivity contribution in [1.82, 2.24) is 0 Å². The number of rotatable bonds is 2. The lowest BCUT2D eigenvalue weighted by Gasteiger charge is -2.19. The van der Waals surface area contributed by atoms with E-state index in [1.807, 2.05) is 0 Å². The SMILES string of the molecule is Cc1cc(N2CC(C(=O)O)CC2=O)c(N)cc1Cl. The molecule has 0 aromatic heterocycles. The number of benzene rings is 1. The minimum atomic E-state index is -0.963. The van der Waals surface area contributed by atoms with E-state index < -0.39 is 11.9 Å². The number of anilines is 2. The van der Waals surface area contributed by atoms with Crippen molar-refractivity contribution in [2.75, 3.05) is 17.2 Å². The number of carbonyl (C=O) groups excluding carboxylic acids is 1. The van der Waals surface area contributed by atoms with E-state index >= 15 is 0 Å². The lowest BCUT2D eigenvalue weighted by Crippen LogP contribution is -2.26. The Morgan fingerprint density at radius 3 is 2.78 bits per heavy atom. The molecule has 3 N–H and O–H groups in total. The molecular formula is C12H13ClN2O3. The van der Waals surface area contributed by atoms with Gasteiger partial charge in [-0.3, -0.25) is 9.59 Å². The van der Waals surface area contributed by atoms with Crippen LogP contribution in [0.5, 0.6) is 0 Å². The molecule has 1 heterocycles. The van der Waals surface area contributed by atoms with E-state index in [4.69, 9.17) is 22.4 Å². The van der Waals surface area contributed by atoms with Crippen molar-refractivity contribution in [1.29, 1.82) is 0 Å². The number of amides is 1. The maximum atomic E-state index is 11.8. The van der Waals surface area contributed by atoms with E-state index in [9.17, 15) is 9.59 Å². The van der Waals surface area contributed by atoms with Crippen LogP contribution in [-0.4, -0.2) is 23.5 Å². The minimum Gasteiger partial charge on any atom is -0.481 e. The topological polar surface area (TPSA) is 83.6 Å². The number of hydrogen-bond acceptors (Lipinski definition) is 3. The predicted octanol–water partition coefficient (Wildman–Crippen LogP) is 1.67. The number of hydrogen-bond donors (Lipinski definition) is 2. The number of carboxylic acid groups (broad SMARTS) is 1. The van der Waals surface area contributed by atoms with E-state index in [2.05, 4.69) is 0 Å². The van der Waals surface area contributed by atoms with Gasteiger partial charge >= 0.3 is 5.97 Å². The highest BCUT2D eigenvalue weighted by molar-refractivity contribution is 6.31. The first-order valence-corrected chi connectivity index (χ1v) is 5.86. The summed E-state index contributed by atoms with van der Waals surface area (Å²) in [7, 11) is 0. The Morgan fingerprint density at radius 1 is 1.56 bits per heavy atom. The fourth-order valence-corrected chi connectivity index (χ4v) is 2.19. The normalized spacial score (nSPS) is 19.3. The average molecular weight is 269 g/mol. The summed E-state index contributed by atoms with van der Waals surface area (Å²) in [6, 6.07) is 3.29. The standard InChI is InChI=1S/C12H13ClN2O3/c1-6-2-10(9(14)4-8(6)13)15-5-7(12(17)18)3-11(15)16/h2,4,7H,3,5,14H2,1H3,(H,17,18). The second kappa shape index (κ2) is 4.49. The zero-order valence-electron chi connectivity index (χ0n) is 9.81. The Bertz CT molecular complexity index is 530. The molecule has 1 aromatic rings. The highest BCUT2D eigenvalue weighted by Crippen LogP contribution is 2.33. The Labute approximate surface area is 109 Å². The van der Waals surface area contributed by atoms with E-state index in [-0.39, 0.29) is 18.9 Å². The summed E-state index contributed by atoms with van der Waals surface area (Å²) in [5.74, 6) is -1.86. The van der Waals surface area contributed by atoms with Crippen molar-refractivity contribution < 1.29 is 14.7 Å². The number of carboxylic acids is 1. The number of nitrogens with two attached hydrogens (primary N) is 1. The van der Waals surface area contributed by atoms with Crippen LogP contribution in [0, 0.1) is 12.8 Å². The Hall–Kier alpha value is -1.75. The number of aliphatic carboxylic acids is 1. The summed E-state index contributed by atoms with van der Waals surface area (Å²) >= 11 is 5.93. The maximum absolute atomic E-state index is 11.8. The van der Waals surface area contributed by atoms with Crippen LogP contribution in [0.1, 0.15) is 12.0 Å². The molecule has 1 amide bonds. The molecule has 1 fully saturated rings. The summed E-state index contributed by atoms with van der Waals surface area (Å²) in [5, 5.41) is 9.46. The Morgan fingerprint density at radius 2 is 2.22 bits per heavy atom. The summed E-state index contributed by atoms with van der Waals surface area (Å²) < 4.78 is 0. The van der Waals surface area contributed by atoms with Crippen LogP contribution in [0.4, 0.5) is 11.4 Å². The smallest absolute Gasteiger partial charge is 0.308 e. The monoisotopic (exact) mass is 268 g/mol. The van der Waals surface area contributed by atoms with Crippen LogP contribution in [-0.2, 0) is 9.59 Å². The number of aryl methyl sites for hydroxylation is 1. The molecule has 5 nitrogen and oxygen atoms in total. The first kappa shape index (κ1) is 12.7. The van der Waals surface area contributed by atoms with Crippen LogP contribution < -0.4 is 10.6 Å². The number of carbonyl (C=O) groups is 2. The highest BCUT2D eigenvalue weighted by Gasteiger charge is 2.35. The maximum Gasteiger partial charge on any atom is 0.308 e. The van der Waals surface area contributed by atoms with Crippen LogP contribution in [0.3, 0.4) is 0 Å². The second-order valence-corrected chi connectivity index (χ2v) is 4.81. The Kier molecular flexibility index (Phi) is 3.17. The molecule has 0 saturated carbocycles. The molecule has 1 unspecified atom stereocenters. The Balaban J connectivity index is 2.35. The van der Waals surface area contributed by atoms with Crippen LogP contribution in [0.25, 0.3) is 0 Å². The highest BCUT2D eigenvalue weighted by atomic mass is 35.5. The molecule has 18 heavy (non-hydrogen) atoms. The van der Waals surface area contributed by atoms with Gasteiger partial charge in [0.25, 0.3) is 0 Å². The molecule has 96 valence electrons. The number of halogens is 1. The van der Waals surface area contributed by atoms with Crippen LogP contribution in [0.15, 0.2) is 12.1 Å². The fourth-order valence-electron chi connectivity index (χ4n) is 2.02. The van der Waals surface area contributed by atoms with Gasteiger partial charge in [0.2, 0.25) is 5.91 Å². The summed E-state index contributed by atoms with van der Waals surface area (Å²) in [5.41, 5.74) is 7.54. The molecule has 0 bridgehead atoms. The van der Waals surface area contributed by atoms with Gasteiger partial charge in [-0.05, 0) is 24.6 Å². The van der Waals surface area contributed by atoms with Gasteiger partial charge in [-0.1, -0.05) is 11.6 Å². The molecule has 0 spiro atoms. The minimum absolute atomic E-state index is 0.0104. The number of nitrogen functional groups attached to an aromatic ring is 1. The van der Waals surface area contributed by atoms with Gasteiger partial charge in [0.05, 0.1) is 17.3 Å². The fraction of sp³-hybridized carbons (Fsp3) is 0.333. The molecule has 2 rings (SSSR count). The third-order valence-electron chi connectivity index (χ3n) is 3.07.